The Morgan fingerprint density at radius 2 is 2.58 bits per heavy atom. The van der Waals surface area contributed by atoms with Crippen LogP contribution in [0.3, 0.4) is 0 Å². The normalized spacial score (nSPS) is 22.6. The number of carbonyl (C=O) groups is 1. The Morgan fingerprint density at radius 1 is 1.75 bits per heavy atom. The summed E-state index contributed by atoms with van der Waals surface area (Å²) in [7, 11) is 0. The molecule has 1 rings (SSSR count). The Hall–Kier alpha value is -0.220. The van der Waals surface area contributed by atoms with E-state index in [1.807, 2.05) is 6.26 Å². The maximum atomic E-state index is 11.2. The highest BCUT2D eigenvalue weighted by atomic mass is 32.2. The number of carbonyl (C=O) groups excluding carboxylic acids is 1. The van der Waals surface area contributed by atoms with E-state index in [1.165, 1.54) is 6.42 Å². The molecule has 0 aromatic rings. The summed E-state index contributed by atoms with van der Waals surface area (Å²) in [5.74, 6) is 1.09. The molecule has 3 nitrogen and oxygen atoms in total. The van der Waals surface area contributed by atoms with Crippen LogP contribution in [0.15, 0.2) is 0 Å². The highest BCUT2D eigenvalue weighted by Crippen LogP contribution is 2.02. The number of nitrogens with one attached hydrogen (secondary N) is 2. The zero-order chi connectivity index (χ0) is 8.81. The second-order valence-electron chi connectivity index (χ2n) is 2.96. The average Bonchev–Trinajstić information content (AvgIpc) is 2.53. The van der Waals surface area contributed by atoms with E-state index in [9.17, 15) is 4.79 Å². The van der Waals surface area contributed by atoms with Gasteiger partial charge in [0.05, 0.1) is 6.17 Å². The molecule has 0 saturated carbocycles. The van der Waals surface area contributed by atoms with Gasteiger partial charge in [0.1, 0.15) is 0 Å². The first-order chi connectivity index (χ1) is 5.83. The van der Waals surface area contributed by atoms with E-state index in [0.717, 1.165) is 18.7 Å². The molecule has 1 unspecified atom stereocenters. The average molecular weight is 188 g/mol. The number of thioether (sulfide) groups is 1. The van der Waals surface area contributed by atoms with Gasteiger partial charge < -0.3 is 5.32 Å². The lowest BCUT2D eigenvalue weighted by molar-refractivity contribution is -0.121. The Labute approximate surface area is 77.7 Å². The number of amides is 1. The first-order valence-electron chi connectivity index (χ1n) is 4.34. The molecule has 0 spiro atoms. The van der Waals surface area contributed by atoms with Gasteiger partial charge in [-0.05, 0) is 25.6 Å². The predicted molar refractivity (Wildman–Crippen MR) is 52.2 cm³/mol. The summed E-state index contributed by atoms with van der Waals surface area (Å²) in [5, 5.41) is 6.18. The van der Waals surface area contributed by atoms with Gasteiger partial charge in [0.25, 0.3) is 0 Å². The third-order valence-corrected chi connectivity index (χ3v) is 2.54. The van der Waals surface area contributed by atoms with Crippen molar-refractivity contribution < 1.29 is 4.79 Å². The molecule has 2 N–H and O–H groups in total. The van der Waals surface area contributed by atoms with Crippen LogP contribution in [0.1, 0.15) is 19.3 Å². The van der Waals surface area contributed by atoms with Crippen LogP contribution in [0.25, 0.3) is 0 Å². The van der Waals surface area contributed by atoms with Gasteiger partial charge in [0.15, 0.2) is 0 Å². The third kappa shape index (κ3) is 3.45. The maximum Gasteiger partial charge on any atom is 0.222 e. The molecule has 0 aliphatic carbocycles. The Balaban J connectivity index is 2.08. The molecule has 0 radical (unpaired) electrons. The molecule has 1 aliphatic rings. The minimum absolute atomic E-state index is 0.170. The van der Waals surface area contributed by atoms with Gasteiger partial charge in [-0.25, -0.2) is 0 Å². The summed E-state index contributed by atoms with van der Waals surface area (Å²) in [5.41, 5.74) is 0. The van der Waals surface area contributed by atoms with Gasteiger partial charge in [0, 0.05) is 12.2 Å². The molecule has 1 aliphatic heterocycles. The van der Waals surface area contributed by atoms with E-state index >= 15 is 0 Å². The van der Waals surface area contributed by atoms with Crippen LogP contribution in [0.4, 0.5) is 0 Å². The lowest BCUT2D eigenvalue weighted by Gasteiger charge is -2.11. The van der Waals surface area contributed by atoms with E-state index < -0.39 is 0 Å². The second kappa shape index (κ2) is 5.43. The fourth-order valence-electron chi connectivity index (χ4n) is 1.27. The third-order valence-electron chi connectivity index (χ3n) is 1.93. The van der Waals surface area contributed by atoms with Crippen LogP contribution in [-0.2, 0) is 4.79 Å². The number of rotatable bonds is 4. The van der Waals surface area contributed by atoms with Crippen molar-refractivity contribution in [3.8, 4) is 0 Å². The van der Waals surface area contributed by atoms with Crippen LogP contribution in [0.5, 0.6) is 0 Å². The van der Waals surface area contributed by atoms with Gasteiger partial charge in [-0.3, -0.25) is 10.1 Å². The SMILES string of the molecule is CSCCC(=O)NC1CCCN1. The highest BCUT2D eigenvalue weighted by molar-refractivity contribution is 7.98. The van der Waals surface area contributed by atoms with Gasteiger partial charge in [-0.2, -0.15) is 11.8 Å². The topological polar surface area (TPSA) is 41.1 Å². The van der Waals surface area contributed by atoms with Crippen LogP contribution in [-0.4, -0.2) is 30.6 Å². The minimum Gasteiger partial charge on any atom is -0.341 e. The molecule has 4 heteroatoms. The zero-order valence-corrected chi connectivity index (χ0v) is 8.25. The number of hydrogen-bond acceptors (Lipinski definition) is 3. The molecule has 0 aromatic heterocycles. The molecular weight excluding hydrogens is 172 g/mol. The first kappa shape index (κ1) is 9.86. The molecule has 0 aromatic carbocycles. The monoisotopic (exact) mass is 188 g/mol. The van der Waals surface area contributed by atoms with Crippen molar-refractivity contribution in [1.82, 2.24) is 10.6 Å². The summed E-state index contributed by atoms with van der Waals surface area (Å²) in [6.45, 7) is 1.04. The second-order valence-corrected chi connectivity index (χ2v) is 3.94. The van der Waals surface area contributed by atoms with Crippen molar-refractivity contribution in [3.63, 3.8) is 0 Å². The van der Waals surface area contributed by atoms with E-state index in [4.69, 9.17) is 0 Å². The quantitative estimate of drug-likeness (QED) is 0.677. The van der Waals surface area contributed by atoms with Gasteiger partial charge in [0.2, 0.25) is 5.91 Å². The van der Waals surface area contributed by atoms with E-state index in [2.05, 4.69) is 10.6 Å². The summed E-state index contributed by atoms with van der Waals surface area (Å²) in [6.07, 6.45) is 5.14. The van der Waals surface area contributed by atoms with Gasteiger partial charge in [-0.1, -0.05) is 0 Å². The molecule has 1 saturated heterocycles. The largest absolute Gasteiger partial charge is 0.341 e. The molecule has 12 heavy (non-hydrogen) atoms. The standard InChI is InChI=1S/C8H16N2OS/c1-12-6-4-8(11)10-7-3-2-5-9-7/h7,9H,2-6H2,1H3,(H,10,11). The molecule has 0 bridgehead atoms. The van der Waals surface area contributed by atoms with Gasteiger partial charge in [-0.15, -0.1) is 0 Å². The highest BCUT2D eigenvalue weighted by Gasteiger charge is 2.15. The van der Waals surface area contributed by atoms with Crippen molar-refractivity contribution in [2.45, 2.75) is 25.4 Å². The molecule has 70 valence electrons. The zero-order valence-electron chi connectivity index (χ0n) is 7.43. The van der Waals surface area contributed by atoms with Crippen molar-refractivity contribution in [3.05, 3.63) is 0 Å². The summed E-state index contributed by atoms with van der Waals surface area (Å²) >= 11 is 1.71. The van der Waals surface area contributed by atoms with Crippen LogP contribution in [0.2, 0.25) is 0 Å². The van der Waals surface area contributed by atoms with Gasteiger partial charge >= 0.3 is 0 Å². The fourth-order valence-corrected chi connectivity index (χ4v) is 1.66. The van der Waals surface area contributed by atoms with Crippen molar-refractivity contribution >= 4 is 17.7 Å². The molecule has 1 heterocycles. The maximum absolute atomic E-state index is 11.2. The smallest absolute Gasteiger partial charge is 0.222 e. The summed E-state index contributed by atoms with van der Waals surface area (Å²) < 4.78 is 0. The van der Waals surface area contributed by atoms with E-state index in [-0.39, 0.29) is 12.1 Å². The molecule has 1 amide bonds. The van der Waals surface area contributed by atoms with Crippen molar-refractivity contribution in [2.75, 3.05) is 18.6 Å². The van der Waals surface area contributed by atoms with Crippen LogP contribution in [0, 0.1) is 0 Å². The lowest BCUT2D eigenvalue weighted by Crippen LogP contribution is -2.41. The summed E-state index contributed by atoms with van der Waals surface area (Å²) in [4.78, 5) is 11.2. The Kier molecular flexibility index (Phi) is 4.46. The molecule has 1 atom stereocenters. The van der Waals surface area contributed by atoms with E-state index in [1.54, 1.807) is 11.8 Å². The molecule has 1 fully saturated rings. The Morgan fingerprint density at radius 3 is 3.17 bits per heavy atom. The van der Waals surface area contributed by atoms with Crippen LogP contribution < -0.4 is 10.6 Å². The lowest BCUT2D eigenvalue weighted by atomic mass is 10.3. The van der Waals surface area contributed by atoms with Crippen molar-refractivity contribution in [2.24, 2.45) is 0 Å². The van der Waals surface area contributed by atoms with Crippen LogP contribution >= 0.6 is 11.8 Å². The molecular formula is C8H16N2OS. The Bertz CT molecular complexity index is 146. The minimum atomic E-state index is 0.170. The van der Waals surface area contributed by atoms with Crippen molar-refractivity contribution in [1.29, 1.82) is 0 Å². The fraction of sp³-hybridized carbons (Fsp3) is 0.875. The number of hydrogen-bond donors (Lipinski definition) is 2. The van der Waals surface area contributed by atoms with E-state index in [0.29, 0.717) is 6.42 Å². The summed E-state index contributed by atoms with van der Waals surface area (Å²) in [6, 6.07) is 0. The predicted octanol–water partition coefficient (Wildman–Crippen LogP) is 0.565. The first-order valence-corrected chi connectivity index (χ1v) is 5.74.